The van der Waals surface area contributed by atoms with Crippen molar-refractivity contribution in [2.75, 3.05) is 79.0 Å². The summed E-state index contributed by atoms with van der Waals surface area (Å²) < 4.78 is 10.8. The van der Waals surface area contributed by atoms with E-state index in [0.29, 0.717) is 13.2 Å². The second-order valence-electron chi connectivity index (χ2n) is 7.20. The molecule has 1 heterocycles. The number of anilines is 1. The van der Waals surface area contributed by atoms with E-state index in [9.17, 15) is 0 Å². The number of halogens is 1. The Labute approximate surface area is 193 Å². The number of aliphatic imine (C=N–C) groups is 1. The maximum absolute atomic E-state index is 5.76. The quantitative estimate of drug-likeness (QED) is 0.215. The molecule has 0 spiro atoms. The monoisotopic (exact) mass is 519 g/mol. The molecule has 2 N–H and O–H groups in total. The maximum atomic E-state index is 5.76. The van der Waals surface area contributed by atoms with Crippen molar-refractivity contribution in [2.45, 2.75) is 19.3 Å². The van der Waals surface area contributed by atoms with E-state index in [-0.39, 0.29) is 24.0 Å². The summed E-state index contributed by atoms with van der Waals surface area (Å²) in [5, 5.41) is 6.74. The number of nitrogens with one attached hydrogen (secondary N) is 2. The summed E-state index contributed by atoms with van der Waals surface area (Å²) in [6.07, 6.45) is 3.24. The first kappa shape index (κ1) is 25.9. The minimum absolute atomic E-state index is 0. The Morgan fingerprint density at radius 3 is 2.79 bits per heavy atom. The molecular weight excluding hydrogens is 481 g/mol. The molecule has 2 rings (SSSR count). The summed E-state index contributed by atoms with van der Waals surface area (Å²) in [5.41, 5.74) is 0.966. The summed E-state index contributed by atoms with van der Waals surface area (Å²) >= 11 is 0. The first-order valence-electron chi connectivity index (χ1n) is 10.3. The first-order chi connectivity index (χ1) is 13.7. The maximum Gasteiger partial charge on any atom is 0.195 e. The van der Waals surface area contributed by atoms with Crippen LogP contribution in [0, 0.1) is 0 Å². The molecule has 1 aromatic rings. The molecule has 8 heteroatoms. The van der Waals surface area contributed by atoms with E-state index in [1.807, 2.05) is 24.3 Å². The SMILES string of the molecule is CN=C(NCCCN1CCCN(C)CC1)Nc1cccc(OCCCOC)c1.I. The van der Waals surface area contributed by atoms with Crippen molar-refractivity contribution in [2.24, 2.45) is 4.99 Å². The largest absolute Gasteiger partial charge is 0.493 e. The molecule has 0 aliphatic carbocycles. The summed E-state index contributed by atoms with van der Waals surface area (Å²) in [5.74, 6) is 1.63. The molecule has 0 saturated carbocycles. The second-order valence-corrected chi connectivity index (χ2v) is 7.20. The number of likely N-dealkylation sites (N-methyl/N-ethyl adjacent to an activating group) is 1. The van der Waals surface area contributed by atoms with E-state index in [1.165, 1.54) is 32.6 Å². The summed E-state index contributed by atoms with van der Waals surface area (Å²) in [6.45, 7) is 8.14. The van der Waals surface area contributed by atoms with Crippen LogP contribution in [0.25, 0.3) is 0 Å². The number of hydrogen-bond acceptors (Lipinski definition) is 5. The van der Waals surface area contributed by atoms with Crippen molar-refractivity contribution in [3.63, 3.8) is 0 Å². The van der Waals surface area contributed by atoms with Gasteiger partial charge in [-0.05, 0) is 51.7 Å². The number of rotatable bonds is 10. The van der Waals surface area contributed by atoms with Crippen LogP contribution < -0.4 is 15.4 Å². The molecule has 0 unspecified atom stereocenters. The van der Waals surface area contributed by atoms with Gasteiger partial charge < -0.3 is 29.9 Å². The number of hydrogen-bond donors (Lipinski definition) is 2. The van der Waals surface area contributed by atoms with E-state index in [2.05, 4.69) is 32.5 Å². The van der Waals surface area contributed by atoms with Gasteiger partial charge in [-0.3, -0.25) is 4.99 Å². The van der Waals surface area contributed by atoms with Crippen LogP contribution in [-0.4, -0.2) is 89.4 Å². The molecule has 0 bridgehead atoms. The Morgan fingerprint density at radius 2 is 2.00 bits per heavy atom. The van der Waals surface area contributed by atoms with Gasteiger partial charge in [-0.15, -0.1) is 24.0 Å². The third-order valence-corrected chi connectivity index (χ3v) is 4.84. The van der Waals surface area contributed by atoms with Crippen LogP contribution in [0.1, 0.15) is 19.3 Å². The van der Waals surface area contributed by atoms with Gasteiger partial charge in [-0.1, -0.05) is 6.07 Å². The molecule has 0 atom stereocenters. The zero-order chi connectivity index (χ0) is 20.0. The lowest BCUT2D eigenvalue weighted by Gasteiger charge is -2.20. The molecule has 1 saturated heterocycles. The second kappa shape index (κ2) is 15.7. The Bertz CT molecular complexity index is 588. The van der Waals surface area contributed by atoms with Crippen molar-refractivity contribution in [1.82, 2.24) is 15.1 Å². The lowest BCUT2D eigenvalue weighted by atomic mass is 10.3. The average Bonchev–Trinajstić information content (AvgIpc) is 2.92. The van der Waals surface area contributed by atoms with Crippen LogP contribution in [0.5, 0.6) is 5.75 Å². The van der Waals surface area contributed by atoms with Gasteiger partial charge in [0.05, 0.1) is 6.61 Å². The predicted octanol–water partition coefficient (Wildman–Crippen LogP) is 2.73. The van der Waals surface area contributed by atoms with E-state index >= 15 is 0 Å². The van der Waals surface area contributed by atoms with Crippen molar-refractivity contribution >= 4 is 35.6 Å². The summed E-state index contributed by atoms with van der Waals surface area (Å²) in [6, 6.07) is 7.96. The molecule has 1 aliphatic rings. The molecule has 1 aliphatic heterocycles. The van der Waals surface area contributed by atoms with Gasteiger partial charge in [0, 0.05) is 58.6 Å². The van der Waals surface area contributed by atoms with E-state index < -0.39 is 0 Å². The van der Waals surface area contributed by atoms with Crippen LogP contribution in [0.3, 0.4) is 0 Å². The Balaban J connectivity index is 0.00000420. The van der Waals surface area contributed by atoms with E-state index in [1.54, 1.807) is 14.2 Å². The van der Waals surface area contributed by atoms with Crippen molar-refractivity contribution in [3.05, 3.63) is 24.3 Å². The third kappa shape index (κ3) is 11.0. The lowest BCUT2D eigenvalue weighted by molar-refractivity contribution is 0.172. The molecule has 29 heavy (non-hydrogen) atoms. The fourth-order valence-electron chi connectivity index (χ4n) is 3.21. The molecule has 0 radical (unpaired) electrons. The highest BCUT2D eigenvalue weighted by molar-refractivity contribution is 14.0. The zero-order valence-electron chi connectivity index (χ0n) is 18.2. The summed E-state index contributed by atoms with van der Waals surface area (Å²) in [4.78, 5) is 9.30. The minimum Gasteiger partial charge on any atom is -0.493 e. The van der Waals surface area contributed by atoms with Crippen LogP contribution in [0.15, 0.2) is 29.3 Å². The van der Waals surface area contributed by atoms with Gasteiger partial charge in [-0.2, -0.15) is 0 Å². The lowest BCUT2D eigenvalue weighted by Crippen LogP contribution is -2.35. The highest BCUT2D eigenvalue weighted by Crippen LogP contribution is 2.17. The third-order valence-electron chi connectivity index (χ3n) is 4.84. The molecule has 0 aromatic heterocycles. The van der Waals surface area contributed by atoms with Crippen LogP contribution >= 0.6 is 24.0 Å². The first-order valence-corrected chi connectivity index (χ1v) is 10.3. The number of guanidine groups is 1. The van der Waals surface area contributed by atoms with Crippen molar-refractivity contribution in [1.29, 1.82) is 0 Å². The fraction of sp³-hybridized carbons (Fsp3) is 0.667. The number of benzene rings is 1. The van der Waals surface area contributed by atoms with Crippen LogP contribution in [0.2, 0.25) is 0 Å². The number of ether oxygens (including phenoxy) is 2. The number of nitrogens with zero attached hydrogens (tertiary/aromatic N) is 3. The van der Waals surface area contributed by atoms with Gasteiger partial charge in [0.25, 0.3) is 0 Å². The number of methoxy groups -OCH3 is 1. The Kier molecular flexibility index (Phi) is 14.0. The summed E-state index contributed by atoms with van der Waals surface area (Å²) in [7, 11) is 5.71. The topological polar surface area (TPSA) is 61.4 Å². The molecule has 166 valence electrons. The molecule has 1 aromatic carbocycles. The Hall–Kier alpha value is -1.10. The standard InChI is InChI=1S/C21H37N5O2.HI/c1-22-21(23-10-5-12-26-13-6-11-25(2)14-15-26)24-19-8-4-9-20(18-19)28-17-7-16-27-3;/h4,8-9,18H,5-7,10-17H2,1-3H3,(H2,22,23,24);1H. The van der Waals surface area contributed by atoms with Crippen molar-refractivity contribution < 1.29 is 9.47 Å². The highest BCUT2D eigenvalue weighted by atomic mass is 127. The van der Waals surface area contributed by atoms with Crippen LogP contribution in [0.4, 0.5) is 5.69 Å². The molecule has 1 fully saturated rings. The smallest absolute Gasteiger partial charge is 0.195 e. The molecule has 0 amide bonds. The molecule has 7 nitrogen and oxygen atoms in total. The van der Waals surface area contributed by atoms with Gasteiger partial charge in [0.1, 0.15) is 5.75 Å². The fourth-order valence-corrected chi connectivity index (χ4v) is 3.21. The average molecular weight is 519 g/mol. The van der Waals surface area contributed by atoms with E-state index in [0.717, 1.165) is 43.3 Å². The van der Waals surface area contributed by atoms with Gasteiger partial charge in [0.2, 0.25) is 0 Å². The van der Waals surface area contributed by atoms with Crippen molar-refractivity contribution in [3.8, 4) is 5.75 Å². The van der Waals surface area contributed by atoms with Gasteiger partial charge in [-0.25, -0.2) is 0 Å². The minimum atomic E-state index is 0. The van der Waals surface area contributed by atoms with E-state index in [4.69, 9.17) is 9.47 Å². The van der Waals surface area contributed by atoms with Gasteiger partial charge in [0.15, 0.2) is 5.96 Å². The highest BCUT2D eigenvalue weighted by Gasteiger charge is 2.11. The Morgan fingerprint density at radius 1 is 1.14 bits per heavy atom. The van der Waals surface area contributed by atoms with Crippen LogP contribution in [-0.2, 0) is 4.74 Å². The van der Waals surface area contributed by atoms with Gasteiger partial charge >= 0.3 is 0 Å². The normalized spacial score (nSPS) is 16.0. The predicted molar refractivity (Wildman–Crippen MR) is 132 cm³/mol. The molecular formula is C21H38IN5O2. The zero-order valence-corrected chi connectivity index (χ0v) is 20.5.